The molecule has 0 aliphatic rings. The molecule has 0 aliphatic carbocycles. The van der Waals surface area contributed by atoms with E-state index in [1.165, 1.54) is 0 Å². The molecule has 6 heteroatoms. The normalized spacial score (nSPS) is 11.4. The first kappa shape index (κ1) is 16.4. The summed E-state index contributed by atoms with van der Waals surface area (Å²) in [7, 11) is -3.96. The van der Waals surface area contributed by atoms with Crippen LogP contribution in [0.3, 0.4) is 0 Å². The minimum atomic E-state index is -3.96. The number of aryl methyl sites for hydroxylation is 1. The Morgan fingerprint density at radius 2 is 1.77 bits per heavy atom. The summed E-state index contributed by atoms with van der Waals surface area (Å²) in [5.41, 5.74) is 1.33. The van der Waals surface area contributed by atoms with Crippen molar-refractivity contribution in [3.8, 4) is 0 Å². The van der Waals surface area contributed by atoms with Crippen LogP contribution in [0.2, 0.25) is 0 Å². The molecule has 2 aromatic carbocycles. The lowest BCUT2D eigenvalue weighted by atomic mass is 10.1. The van der Waals surface area contributed by atoms with Crippen LogP contribution in [0.15, 0.2) is 47.4 Å². The minimum absolute atomic E-state index is 0.309. The second-order valence-corrected chi connectivity index (χ2v) is 6.62. The van der Waals surface area contributed by atoms with E-state index in [4.69, 9.17) is 0 Å². The van der Waals surface area contributed by atoms with E-state index >= 15 is 0 Å². The molecule has 0 unspecified atom stereocenters. The van der Waals surface area contributed by atoms with E-state index in [9.17, 15) is 17.2 Å². The maximum absolute atomic E-state index is 13.2. The smallest absolute Gasteiger partial charge is 0.262 e. The Labute approximate surface area is 129 Å². The highest BCUT2D eigenvalue weighted by molar-refractivity contribution is 7.92. The molecule has 118 valence electrons. The summed E-state index contributed by atoms with van der Waals surface area (Å²) in [6.07, 6.45) is 2.67. The van der Waals surface area contributed by atoms with Gasteiger partial charge in [-0.15, -0.1) is 0 Å². The summed E-state index contributed by atoms with van der Waals surface area (Å²) < 4.78 is 53.2. The first-order chi connectivity index (χ1) is 10.4. The van der Waals surface area contributed by atoms with E-state index in [1.807, 2.05) is 19.1 Å². The highest BCUT2D eigenvalue weighted by Crippen LogP contribution is 2.22. The fourth-order valence-corrected chi connectivity index (χ4v) is 3.17. The molecule has 2 rings (SSSR count). The summed E-state index contributed by atoms with van der Waals surface area (Å²) in [4.78, 5) is -0.309. The van der Waals surface area contributed by atoms with Crippen LogP contribution in [0.4, 0.5) is 14.5 Å². The van der Waals surface area contributed by atoms with E-state index in [0.29, 0.717) is 11.8 Å². The predicted octanol–water partition coefficient (Wildman–Crippen LogP) is 4.11. The second kappa shape index (κ2) is 6.87. The summed E-state index contributed by atoms with van der Waals surface area (Å²) in [5, 5.41) is 0. The zero-order valence-electron chi connectivity index (χ0n) is 12.1. The molecule has 0 heterocycles. The number of hydrogen-bond acceptors (Lipinski definition) is 2. The third-order valence-electron chi connectivity index (χ3n) is 3.26. The third kappa shape index (κ3) is 3.82. The van der Waals surface area contributed by atoms with Gasteiger partial charge in [-0.3, -0.25) is 4.72 Å². The van der Waals surface area contributed by atoms with Crippen LogP contribution in [-0.2, 0) is 16.4 Å². The maximum atomic E-state index is 13.2. The molecule has 0 aliphatic heterocycles. The van der Waals surface area contributed by atoms with Gasteiger partial charge in [0.15, 0.2) is 11.6 Å². The van der Waals surface area contributed by atoms with Gasteiger partial charge in [0.05, 0.1) is 10.6 Å². The molecule has 0 fully saturated rings. The van der Waals surface area contributed by atoms with Crippen LogP contribution < -0.4 is 4.72 Å². The van der Waals surface area contributed by atoms with Gasteiger partial charge in [-0.2, -0.15) is 0 Å². The average molecular weight is 325 g/mol. The van der Waals surface area contributed by atoms with Crippen molar-refractivity contribution in [2.45, 2.75) is 31.1 Å². The van der Waals surface area contributed by atoms with Gasteiger partial charge in [-0.1, -0.05) is 31.5 Å². The Balaban J connectivity index is 2.30. The molecule has 0 aromatic heterocycles. The van der Waals surface area contributed by atoms with E-state index in [-0.39, 0.29) is 4.90 Å². The number of anilines is 1. The van der Waals surface area contributed by atoms with E-state index in [1.54, 1.807) is 12.1 Å². The fourth-order valence-electron chi connectivity index (χ4n) is 2.05. The minimum Gasteiger partial charge on any atom is -0.279 e. The molecule has 1 N–H and O–H groups in total. The van der Waals surface area contributed by atoms with Crippen molar-refractivity contribution in [3.05, 3.63) is 59.7 Å². The van der Waals surface area contributed by atoms with Crippen LogP contribution in [0.25, 0.3) is 0 Å². The van der Waals surface area contributed by atoms with Crippen LogP contribution in [-0.4, -0.2) is 8.42 Å². The van der Waals surface area contributed by atoms with Gasteiger partial charge in [0, 0.05) is 0 Å². The van der Waals surface area contributed by atoms with Crippen LogP contribution in [0.5, 0.6) is 0 Å². The monoisotopic (exact) mass is 325 g/mol. The molecular weight excluding hydrogens is 308 g/mol. The van der Waals surface area contributed by atoms with Crippen LogP contribution in [0.1, 0.15) is 25.3 Å². The number of para-hydroxylation sites is 1. The molecule has 22 heavy (non-hydrogen) atoms. The molecule has 0 radical (unpaired) electrons. The van der Waals surface area contributed by atoms with Crippen LogP contribution >= 0.6 is 0 Å². The van der Waals surface area contributed by atoms with Crippen molar-refractivity contribution in [1.82, 2.24) is 0 Å². The molecule has 2 aromatic rings. The lowest BCUT2D eigenvalue weighted by Crippen LogP contribution is -2.14. The van der Waals surface area contributed by atoms with Crippen LogP contribution in [0, 0.1) is 11.6 Å². The fraction of sp³-hybridized carbons (Fsp3) is 0.250. The molecular formula is C16H17F2NO2S. The SMILES string of the molecule is CCCCc1ccccc1NS(=O)(=O)c1ccc(F)c(F)c1. The van der Waals surface area contributed by atoms with Gasteiger partial charge in [0.25, 0.3) is 10.0 Å². The first-order valence-electron chi connectivity index (χ1n) is 7.00. The third-order valence-corrected chi connectivity index (χ3v) is 4.63. The summed E-state index contributed by atoms with van der Waals surface area (Å²) in [6, 6.07) is 9.56. The van der Waals surface area contributed by atoms with Gasteiger partial charge < -0.3 is 0 Å². The van der Waals surface area contributed by atoms with Crippen molar-refractivity contribution in [2.24, 2.45) is 0 Å². The zero-order chi connectivity index (χ0) is 16.2. The largest absolute Gasteiger partial charge is 0.279 e. The zero-order valence-corrected chi connectivity index (χ0v) is 13.0. The second-order valence-electron chi connectivity index (χ2n) is 4.94. The molecule has 0 amide bonds. The Morgan fingerprint density at radius 3 is 2.45 bits per heavy atom. The number of halogens is 2. The molecule has 0 saturated heterocycles. The molecule has 0 spiro atoms. The number of nitrogens with one attached hydrogen (secondary N) is 1. The number of rotatable bonds is 6. The highest BCUT2D eigenvalue weighted by atomic mass is 32.2. The average Bonchev–Trinajstić information content (AvgIpc) is 2.48. The summed E-state index contributed by atoms with van der Waals surface area (Å²) in [5.74, 6) is -2.27. The quantitative estimate of drug-likeness (QED) is 0.869. The summed E-state index contributed by atoms with van der Waals surface area (Å²) >= 11 is 0. The molecule has 0 saturated carbocycles. The van der Waals surface area contributed by atoms with Gasteiger partial charge in [-0.25, -0.2) is 17.2 Å². The maximum Gasteiger partial charge on any atom is 0.262 e. The number of sulfonamides is 1. The topological polar surface area (TPSA) is 46.2 Å². The Kier molecular flexibility index (Phi) is 5.13. The van der Waals surface area contributed by atoms with Crippen molar-refractivity contribution in [1.29, 1.82) is 0 Å². The van der Waals surface area contributed by atoms with Crippen molar-refractivity contribution in [2.75, 3.05) is 4.72 Å². The predicted molar refractivity (Wildman–Crippen MR) is 82.2 cm³/mol. The van der Waals surface area contributed by atoms with E-state index in [0.717, 1.165) is 37.0 Å². The van der Waals surface area contributed by atoms with Gasteiger partial charge in [0.2, 0.25) is 0 Å². The highest BCUT2D eigenvalue weighted by Gasteiger charge is 2.17. The van der Waals surface area contributed by atoms with Gasteiger partial charge >= 0.3 is 0 Å². The standard InChI is InChI=1S/C16H17F2NO2S/c1-2-3-6-12-7-4-5-8-16(12)19-22(20,21)13-9-10-14(17)15(18)11-13/h4-5,7-11,19H,2-3,6H2,1H3. The Morgan fingerprint density at radius 1 is 1.05 bits per heavy atom. The van der Waals surface area contributed by atoms with Crippen molar-refractivity contribution >= 4 is 15.7 Å². The van der Waals surface area contributed by atoms with Gasteiger partial charge in [0.1, 0.15) is 0 Å². The lowest BCUT2D eigenvalue weighted by Gasteiger charge is -2.12. The molecule has 3 nitrogen and oxygen atoms in total. The molecule has 0 bridgehead atoms. The lowest BCUT2D eigenvalue weighted by molar-refractivity contribution is 0.504. The number of unbranched alkanes of at least 4 members (excludes halogenated alkanes) is 1. The Bertz CT molecular complexity index is 760. The van der Waals surface area contributed by atoms with Crippen molar-refractivity contribution in [3.63, 3.8) is 0 Å². The molecule has 0 atom stereocenters. The number of benzene rings is 2. The number of hydrogen-bond donors (Lipinski definition) is 1. The van der Waals surface area contributed by atoms with E-state index < -0.39 is 21.7 Å². The summed E-state index contributed by atoms with van der Waals surface area (Å²) in [6.45, 7) is 2.05. The van der Waals surface area contributed by atoms with Gasteiger partial charge in [-0.05, 0) is 42.7 Å². The Hall–Kier alpha value is -1.95. The van der Waals surface area contributed by atoms with Crippen molar-refractivity contribution < 1.29 is 17.2 Å². The van der Waals surface area contributed by atoms with E-state index in [2.05, 4.69) is 4.72 Å². The first-order valence-corrected chi connectivity index (χ1v) is 8.48.